The smallest absolute Gasteiger partial charge is 0.251 e. The summed E-state index contributed by atoms with van der Waals surface area (Å²) in [6, 6.07) is 9.68. The van der Waals surface area contributed by atoms with Gasteiger partial charge in [-0.1, -0.05) is 12.1 Å². The van der Waals surface area contributed by atoms with Crippen molar-refractivity contribution in [3.63, 3.8) is 0 Å². The third kappa shape index (κ3) is 4.45. The van der Waals surface area contributed by atoms with Crippen LogP contribution >= 0.6 is 11.3 Å². The number of anilines is 1. The summed E-state index contributed by atoms with van der Waals surface area (Å²) in [5.41, 5.74) is 10.3. The van der Waals surface area contributed by atoms with E-state index in [-0.39, 0.29) is 5.91 Å². The van der Waals surface area contributed by atoms with Gasteiger partial charge in [-0.05, 0) is 37.6 Å². The molecule has 0 aliphatic carbocycles. The van der Waals surface area contributed by atoms with Crippen molar-refractivity contribution in [3.05, 3.63) is 63.9 Å². The molecule has 0 bridgehead atoms. The normalized spacial score (nSPS) is 10.8. The van der Waals surface area contributed by atoms with Crippen molar-refractivity contribution < 1.29 is 4.79 Å². The van der Waals surface area contributed by atoms with Crippen LogP contribution in [0.25, 0.3) is 0 Å². The maximum Gasteiger partial charge on any atom is 0.251 e. The molecule has 3 aromatic rings. The molecule has 0 aliphatic rings. The van der Waals surface area contributed by atoms with Crippen LogP contribution in [0.4, 0.5) is 5.13 Å². The number of thiazole rings is 1. The summed E-state index contributed by atoms with van der Waals surface area (Å²) in [5, 5.41) is 9.86. The zero-order chi connectivity index (χ0) is 17.8. The standard InChI is InChI=1S/C18H21N5OS/c1-12-8-13(2)23(22-12)10-14-4-3-5-15(9-14)17(24)20-7-6-16-11-25-18(19)21-16/h3-5,8-9,11H,6-7,10H2,1-2H3,(H2,19,21)(H,20,24). The Bertz CT molecular complexity index is 883. The van der Waals surface area contributed by atoms with Crippen LogP contribution in [-0.2, 0) is 13.0 Å². The topological polar surface area (TPSA) is 85.8 Å². The van der Waals surface area contributed by atoms with Crippen molar-refractivity contribution in [2.75, 3.05) is 12.3 Å². The molecule has 130 valence electrons. The largest absolute Gasteiger partial charge is 0.375 e. The Kier molecular flexibility index (Phi) is 5.14. The number of nitrogens with one attached hydrogen (secondary N) is 1. The van der Waals surface area contributed by atoms with E-state index in [0.717, 1.165) is 22.6 Å². The molecule has 6 nitrogen and oxygen atoms in total. The Morgan fingerprint density at radius 1 is 1.32 bits per heavy atom. The van der Waals surface area contributed by atoms with Gasteiger partial charge in [0.15, 0.2) is 5.13 Å². The molecule has 25 heavy (non-hydrogen) atoms. The fourth-order valence-corrected chi connectivity index (χ4v) is 3.26. The molecule has 3 N–H and O–H groups in total. The number of rotatable bonds is 6. The van der Waals surface area contributed by atoms with Gasteiger partial charge in [0.2, 0.25) is 0 Å². The lowest BCUT2D eigenvalue weighted by atomic mass is 10.1. The van der Waals surface area contributed by atoms with Crippen LogP contribution in [-0.4, -0.2) is 27.2 Å². The minimum absolute atomic E-state index is 0.0848. The van der Waals surface area contributed by atoms with Crippen LogP contribution in [0.3, 0.4) is 0 Å². The minimum atomic E-state index is -0.0848. The van der Waals surface area contributed by atoms with E-state index in [1.807, 2.05) is 54.2 Å². The number of nitrogens with two attached hydrogens (primary N) is 1. The van der Waals surface area contributed by atoms with Gasteiger partial charge in [-0.3, -0.25) is 9.48 Å². The first kappa shape index (κ1) is 17.2. The average molecular weight is 355 g/mol. The van der Waals surface area contributed by atoms with Crippen molar-refractivity contribution in [2.45, 2.75) is 26.8 Å². The number of nitrogen functional groups attached to an aromatic ring is 1. The lowest BCUT2D eigenvalue weighted by Gasteiger charge is -2.08. The zero-order valence-electron chi connectivity index (χ0n) is 14.3. The Morgan fingerprint density at radius 3 is 2.84 bits per heavy atom. The fourth-order valence-electron chi connectivity index (χ4n) is 2.66. The van der Waals surface area contributed by atoms with Crippen molar-refractivity contribution in [2.24, 2.45) is 0 Å². The summed E-state index contributed by atoms with van der Waals surface area (Å²) in [6.07, 6.45) is 0.672. The first-order valence-electron chi connectivity index (χ1n) is 8.09. The predicted octanol–water partition coefficient (Wildman–Crippen LogP) is 2.56. The maximum absolute atomic E-state index is 12.3. The summed E-state index contributed by atoms with van der Waals surface area (Å²) in [4.78, 5) is 16.5. The highest BCUT2D eigenvalue weighted by atomic mass is 32.1. The highest BCUT2D eigenvalue weighted by Crippen LogP contribution is 2.12. The molecule has 3 rings (SSSR count). The van der Waals surface area contributed by atoms with Gasteiger partial charge < -0.3 is 11.1 Å². The second-order valence-corrected chi connectivity index (χ2v) is 6.86. The lowest BCUT2D eigenvalue weighted by molar-refractivity contribution is 0.0954. The molecule has 0 saturated heterocycles. The van der Waals surface area contributed by atoms with E-state index in [2.05, 4.69) is 15.4 Å². The number of carbonyl (C=O) groups excluding carboxylic acids is 1. The number of benzene rings is 1. The molecule has 0 spiro atoms. The number of nitrogens with zero attached hydrogens (tertiary/aromatic N) is 3. The molecule has 0 saturated carbocycles. The third-order valence-corrected chi connectivity index (χ3v) is 4.58. The number of aryl methyl sites for hydroxylation is 2. The highest BCUT2D eigenvalue weighted by Gasteiger charge is 2.08. The molecule has 2 aromatic heterocycles. The summed E-state index contributed by atoms with van der Waals surface area (Å²) >= 11 is 1.41. The Hall–Kier alpha value is -2.67. The Labute approximate surface area is 150 Å². The molecule has 0 radical (unpaired) electrons. The predicted molar refractivity (Wildman–Crippen MR) is 99.8 cm³/mol. The monoisotopic (exact) mass is 355 g/mol. The van der Waals surface area contributed by atoms with E-state index >= 15 is 0 Å². The lowest BCUT2D eigenvalue weighted by Crippen LogP contribution is -2.25. The summed E-state index contributed by atoms with van der Waals surface area (Å²) < 4.78 is 1.94. The molecule has 1 amide bonds. The van der Waals surface area contributed by atoms with E-state index in [1.54, 1.807) is 0 Å². The van der Waals surface area contributed by atoms with Crippen molar-refractivity contribution in [3.8, 4) is 0 Å². The molecule has 2 heterocycles. The number of hydrogen-bond acceptors (Lipinski definition) is 5. The molecule has 0 fully saturated rings. The summed E-state index contributed by atoms with van der Waals surface area (Å²) in [7, 11) is 0. The SMILES string of the molecule is Cc1cc(C)n(Cc2cccc(C(=O)NCCc3csc(N)n3)c2)n1. The number of aromatic nitrogens is 3. The van der Waals surface area contributed by atoms with Gasteiger partial charge in [0.1, 0.15) is 0 Å². The van der Waals surface area contributed by atoms with Crippen molar-refractivity contribution >= 4 is 22.4 Å². The fraction of sp³-hybridized carbons (Fsp3) is 0.278. The second kappa shape index (κ2) is 7.48. The van der Waals surface area contributed by atoms with Crippen LogP contribution in [0, 0.1) is 13.8 Å². The average Bonchev–Trinajstić information content (AvgIpc) is 3.12. The van der Waals surface area contributed by atoms with Crippen LogP contribution < -0.4 is 11.1 Å². The molecule has 0 unspecified atom stereocenters. The summed E-state index contributed by atoms with van der Waals surface area (Å²) in [6.45, 7) is 5.19. The zero-order valence-corrected chi connectivity index (χ0v) is 15.1. The summed E-state index contributed by atoms with van der Waals surface area (Å²) in [5.74, 6) is -0.0848. The third-order valence-electron chi connectivity index (χ3n) is 3.86. The second-order valence-electron chi connectivity index (χ2n) is 5.97. The molecule has 1 aromatic carbocycles. The number of hydrogen-bond donors (Lipinski definition) is 2. The van der Waals surface area contributed by atoms with Gasteiger partial charge in [0, 0.05) is 29.6 Å². The van der Waals surface area contributed by atoms with Gasteiger partial charge in [-0.15, -0.1) is 11.3 Å². The van der Waals surface area contributed by atoms with E-state index in [4.69, 9.17) is 5.73 Å². The molecule has 7 heteroatoms. The van der Waals surface area contributed by atoms with Gasteiger partial charge in [-0.25, -0.2) is 4.98 Å². The quantitative estimate of drug-likeness (QED) is 0.711. The molecular weight excluding hydrogens is 334 g/mol. The van der Waals surface area contributed by atoms with Crippen LogP contribution in [0.2, 0.25) is 0 Å². The molecule has 0 atom stereocenters. The molecule has 0 aliphatic heterocycles. The van der Waals surface area contributed by atoms with E-state index in [1.165, 1.54) is 11.3 Å². The van der Waals surface area contributed by atoms with E-state index in [0.29, 0.717) is 30.2 Å². The van der Waals surface area contributed by atoms with Crippen molar-refractivity contribution in [1.82, 2.24) is 20.1 Å². The van der Waals surface area contributed by atoms with Gasteiger partial charge in [0.05, 0.1) is 17.9 Å². The van der Waals surface area contributed by atoms with Crippen molar-refractivity contribution in [1.29, 1.82) is 0 Å². The van der Waals surface area contributed by atoms with E-state index in [9.17, 15) is 4.79 Å². The highest BCUT2D eigenvalue weighted by molar-refractivity contribution is 7.13. The maximum atomic E-state index is 12.3. The van der Waals surface area contributed by atoms with E-state index < -0.39 is 0 Å². The first-order valence-corrected chi connectivity index (χ1v) is 8.97. The number of carbonyl (C=O) groups is 1. The Balaban J connectivity index is 1.60. The van der Waals surface area contributed by atoms with Gasteiger partial charge in [0.25, 0.3) is 5.91 Å². The van der Waals surface area contributed by atoms with Crippen LogP contribution in [0.5, 0.6) is 0 Å². The Morgan fingerprint density at radius 2 is 2.16 bits per heavy atom. The van der Waals surface area contributed by atoms with Gasteiger partial charge in [-0.2, -0.15) is 5.10 Å². The van der Waals surface area contributed by atoms with Crippen LogP contribution in [0.1, 0.15) is 33.0 Å². The number of amides is 1. The minimum Gasteiger partial charge on any atom is -0.375 e. The van der Waals surface area contributed by atoms with Gasteiger partial charge >= 0.3 is 0 Å². The first-order chi connectivity index (χ1) is 12.0. The molecular formula is C18H21N5OS. The van der Waals surface area contributed by atoms with Crippen LogP contribution in [0.15, 0.2) is 35.7 Å².